The van der Waals surface area contributed by atoms with Gasteiger partial charge in [-0.05, 0) is 73.9 Å². The third-order valence-electron chi connectivity index (χ3n) is 10.6. The van der Waals surface area contributed by atoms with E-state index in [1.807, 2.05) is 109 Å². The highest BCUT2D eigenvalue weighted by Gasteiger charge is 2.29. The van der Waals surface area contributed by atoms with Crippen LogP contribution in [0.3, 0.4) is 0 Å². The molecule has 2 N–H and O–H groups in total. The molecule has 1 saturated heterocycles. The fourth-order valence-corrected chi connectivity index (χ4v) is 8.05. The van der Waals surface area contributed by atoms with E-state index in [-0.39, 0.29) is 48.2 Å². The lowest BCUT2D eigenvalue weighted by Crippen LogP contribution is -2.43. The van der Waals surface area contributed by atoms with Gasteiger partial charge >= 0.3 is 12.1 Å². The Labute approximate surface area is 391 Å². The molecule has 1 aromatic heterocycles. The van der Waals surface area contributed by atoms with Crippen LogP contribution in [0.2, 0.25) is 10.0 Å². The zero-order chi connectivity index (χ0) is 47.0. The van der Waals surface area contributed by atoms with Gasteiger partial charge in [-0.2, -0.15) is 9.78 Å². The average molecular weight is 929 g/mol. The van der Waals surface area contributed by atoms with Crippen molar-refractivity contribution in [3.05, 3.63) is 106 Å². The predicted molar refractivity (Wildman–Crippen MR) is 253 cm³/mol. The SMILES string of the molecule is COc1cc(C(=O)n2ncc3c(-c4cccc(-c5ccc(CN(C[C@@H]6CCC(=O)N6)C(=O)OC(C)(C)C)cc5)c4Cl)cccc32)c(Cl)cc1CN[C@@H](COCC(C)C)C(=O)OCC(C)C. The maximum Gasteiger partial charge on any atom is 0.410 e. The van der Waals surface area contributed by atoms with E-state index in [0.29, 0.717) is 65.7 Å². The van der Waals surface area contributed by atoms with Crippen LogP contribution in [-0.4, -0.2) is 89.7 Å². The molecule has 4 aromatic carbocycles. The van der Waals surface area contributed by atoms with Gasteiger partial charge in [0.15, 0.2) is 0 Å². The minimum absolute atomic E-state index is 0.0175. The second kappa shape index (κ2) is 21.7. The van der Waals surface area contributed by atoms with Crippen LogP contribution in [0.1, 0.15) is 82.8 Å². The molecule has 1 fully saturated rings. The van der Waals surface area contributed by atoms with Crippen molar-refractivity contribution in [3.8, 4) is 28.0 Å². The number of amides is 2. The Kier molecular flexibility index (Phi) is 16.3. The number of hydrogen-bond acceptors (Lipinski definition) is 10. The summed E-state index contributed by atoms with van der Waals surface area (Å²) in [5.41, 5.74) is 4.77. The molecule has 0 saturated carbocycles. The third kappa shape index (κ3) is 12.7. The number of nitrogens with zero attached hydrogens (tertiary/aromatic N) is 3. The maximum absolute atomic E-state index is 14.2. The van der Waals surface area contributed by atoms with E-state index in [1.165, 1.54) is 11.8 Å². The number of methoxy groups -OCH3 is 1. The van der Waals surface area contributed by atoms with Gasteiger partial charge in [-0.15, -0.1) is 0 Å². The van der Waals surface area contributed by atoms with Gasteiger partial charge in [0.25, 0.3) is 5.91 Å². The second-order valence-electron chi connectivity index (χ2n) is 18.2. The quantitative estimate of drug-likeness (QED) is 0.0814. The largest absolute Gasteiger partial charge is 0.496 e. The van der Waals surface area contributed by atoms with Crippen LogP contribution in [-0.2, 0) is 36.9 Å². The Bertz CT molecular complexity index is 2500. The van der Waals surface area contributed by atoms with Crippen molar-refractivity contribution < 1.29 is 38.1 Å². The lowest BCUT2D eigenvalue weighted by Gasteiger charge is -2.29. The lowest BCUT2D eigenvalue weighted by atomic mass is 9.96. The van der Waals surface area contributed by atoms with E-state index in [9.17, 15) is 19.2 Å². The van der Waals surface area contributed by atoms with Crippen LogP contribution in [0.15, 0.2) is 79.0 Å². The molecule has 5 aromatic rings. The summed E-state index contributed by atoms with van der Waals surface area (Å²) in [6.07, 6.45) is 2.28. The molecule has 1 aliphatic rings. The number of fused-ring (bicyclic) bond motifs is 1. The Morgan fingerprint density at radius 1 is 0.923 bits per heavy atom. The number of hydrogen-bond donors (Lipinski definition) is 2. The Balaban J connectivity index is 1.21. The molecule has 0 aliphatic carbocycles. The van der Waals surface area contributed by atoms with Gasteiger partial charge in [-0.3, -0.25) is 19.7 Å². The minimum Gasteiger partial charge on any atom is -0.496 e. The van der Waals surface area contributed by atoms with Crippen molar-refractivity contribution in [1.82, 2.24) is 25.3 Å². The van der Waals surface area contributed by atoms with Crippen LogP contribution >= 0.6 is 23.2 Å². The first-order chi connectivity index (χ1) is 30.9. The number of benzene rings is 4. The van der Waals surface area contributed by atoms with Crippen LogP contribution in [0.4, 0.5) is 4.79 Å². The zero-order valence-electron chi connectivity index (χ0n) is 38.3. The molecular weight excluding hydrogens is 869 g/mol. The molecule has 65 heavy (non-hydrogen) atoms. The Morgan fingerprint density at radius 3 is 2.28 bits per heavy atom. The lowest BCUT2D eigenvalue weighted by molar-refractivity contribution is -0.149. The van der Waals surface area contributed by atoms with Crippen molar-refractivity contribution in [1.29, 1.82) is 0 Å². The summed E-state index contributed by atoms with van der Waals surface area (Å²) < 4.78 is 24.0. The summed E-state index contributed by atoms with van der Waals surface area (Å²) >= 11 is 14.0. The van der Waals surface area contributed by atoms with E-state index in [2.05, 4.69) is 15.7 Å². The molecule has 2 atom stereocenters. The Morgan fingerprint density at radius 2 is 1.62 bits per heavy atom. The normalized spacial score (nSPS) is 14.5. The van der Waals surface area contributed by atoms with Crippen molar-refractivity contribution in [3.63, 3.8) is 0 Å². The molecule has 346 valence electrons. The highest BCUT2D eigenvalue weighted by molar-refractivity contribution is 6.36. The minimum atomic E-state index is -0.732. The van der Waals surface area contributed by atoms with Gasteiger partial charge in [0.2, 0.25) is 5.91 Å². The summed E-state index contributed by atoms with van der Waals surface area (Å²) in [5, 5.41) is 12.1. The maximum atomic E-state index is 14.2. The van der Waals surface area contributed by atoms with Crippen LogP contribution < -0.4 is 15.4 Å². The molecule has 2 amide bonds. The number of esters is 1. The highest BCUT2D eigenvalue weighted by atomic mass is 35.5. The van der Waals surface area contributed by atoms with E-state index in [1.54, 1.807) is 23.2 Å². The van der Waals surface area contributed by atoms with Crippen molar-refractivity contribution in [2.24, 2.45) is 11.8 Å². The second-order valence-corrected chi connectivity index (χ2v) is 18.9. The molecule has 15 heteroatoms. The molecule has 0 unspecified atom stereocenters. The number of carbonyl (C=O) groups excluding carboxylic acids is 4. The summed E-state index contributed by atoms with van der Waals surface area (Å²) in [7, 11) is 1.50. The average Bonchev–Trinajstić information content (AvgIpc) is 3.89. The first-order valence-electron chi connectivity index (χ1n) is 21.9. The zero-order valence-corrected chi connectivity index (χ0v) is 39.8. The molecule has 2 heterocycles. The molecule has 13 nitrogen and oxygen atoms in total. The smallest absolute Gasteiger partial charge is 0.410 e. The van der Waals surface area contributed by atoms with E-state index >= 15 is 0 Å². The summed E-state index contributed by atoms with van der Waals surface area (Å²) in [4.78, 5) is 54.0. The van der Waals surface area contributed by atoms with Gasteiger partial charge in [0, 0.05) is 60.8 Å². The fraction of sp³-hybridized carbons (Fsp3) is 0.420. The number of ether oxygens (including phenoxy) is 4. The van der Waals surface area contributed by atoms with Crippen LogP contribution in [0.5, 0.6) is 5.75 Å². The molecule has 0 spiro atoms. The molecule has 0 radical (unpaired) electrons. The summed E-state index contributed by atoms with van der Waals surface area (Å²) in [5.74, 6) is -0.0242. The van der Waals surface area contributed by atoms with Crippen molar-refractivity contribution in [2.75, 3.05) is 33.5 Å². The highest BCUT2D eigenvalue weighted by Crippen LogP contribution is 2.40. The summed E-state index contributed by atoms with van der Waals surface area (Å²) in [6, 6.07) is 21.6. The number of nitrogens with one attached hydrogen (secondary N) is 2. The number of rotatable bonds is 18. The van der Waals surface area contributed by atoms with Crippen molar-refractivity contribution in [2.45, 2.75) is 92.1 Å². The fourth-order valence-electron chi connectivity index (χ4n) is 7.45. The first kappa shape index (κ1) is 49.0. The van der Waals surface area contributed by atoms with Gasteiger partial charge in [0.05, 0.1) is 47.6 Å². The predicted octanol–water partition coefficient (Wildman–Crippen LogP) is 9.72. The van der Waals surface area contributed by atoms with Gasteiger partial charge in [-0.1, -0.05) is 105 Å². The topological polar surface area (TPSA) is 150 Å². The van der Waals surface area contributed by atoms with Gasteiger partial charge in [-0.25, -0.2) is 4.79 Å². The van der Waals surface area contributed by atoms with E-state index < -0.39 is 29.6 Å². The van der Waals surface area contributed by atoms with E-state index in [0.717, 1.165) is 27.8 Å². The number of carbonyl (C=O) groups is 4. The van der Waals surface area contributed by atoms with E-state index in [4.69, 9.17) is 42.1 Å². The Hall–Kier alpha value is -5.47. The van der Waals surface area contributed by atoms with Gasteiger partial charge in [0.1, 0.15) is 17.4 Å². The van der Waals surface area contributed by atoms with Crippen molar-refractivity contribution >= 4 is 58.0 Å². The molecule has 6 rings (SSSR count). The molecular formula is C50H59Cl2N5O8. The van der Waals surface area contributed by atoms with Gasteiger partial charge < -0.3 is 29.2 Å². The van der Waals surface area contributed by atoms with Crippen LogP contribution in [0, 0.1) is 11.8 Å². The standard InChI is InChI=1S/C50H59Cl2N5O8/c1-30(2)27-63-29-42(48(60)64-28-31(3)4)53-23-34-21-41(51)39(22-44(34)62-8)47(59)57-43-14-10-12-37(40(43)24-54-57)38-13-9-11-36(46(38)52)33-17-15-32(16-18-33)25-56(49(61)65-50(5,6)7)26-35-19-20-45(58)55-35/h9-18,21-22,24,30-31,35,42,53H,19-20,23,25-29H2,1-8H3,(H,55,58)/t35-,42-/m0/s1. The molecule has 1 aliphatic heterocycles. The molecule has 0 bridgehead atoms. The van der Waals surface area contributed by atoms with Crippen LogP contribution in [0.25, 0.3) is 33.2 Å². The number of halogens is 2. The summed E-state index contributed by atoms with van der Waals surface area (Å²) in [6.45, 7) is 15.2. The number of aromatic nitrogens is 2. The monoisotopic (exact) mass is 927 g/mol. The first-order valence-corrected chi connectivity index (χ1v) is 22.7. The third-order valence-corrected chi connectivity index (χ3v) is 11.3.